The van der Waals surface area contributed by atoms with Crippen LogP contribution in [0.4, 0.5) is 14.5 Å². The van der Waals surface area contributed by atoms with Crippen molar-refractivity contribution in [3.63, 3.8) is 0 Å². The van der Waals surface area contributed by atoms with Crippen LogP contribution in [0.1, 0.15) is 17.5 Å². The van der Waals surface area contributed by atoms with Gasteiger partial charge < -0.3 is 5.32 Å². The Morgan fingerprint density at radius 1 is 1.10 bits per heavy atom. The molecule has 0 aliphatic heterocycles. The summed E-state index contributed by atoms with van der Waals surface area (Å²) in [7, 11) is 0. The first-order valence-corrected chi connectivity index (χ1v) is 6.32. The number of anilines is 1. The Bertz CT molecular complexity index is 670. The number of benzene rings is 2. The smallest absolute Gasteiger partial charge is 0.224 e. The molecule has 1 amide bonds. The zero-order valence-electron chi connectivity index (χ0n) is 11.1. The van der Waals surface area contributed by atoms with Crippen LogP contribution in [0.25, 0.3) is 0 Å². The highest BCUT2D eigenvalue weighted by Crippen LogP contribution is 2.13. The third kappa shape index (κ3) is 4.39. The van der Waals surface area contributed by atoms with Crippen molar-refractivity contribution in [1.82, 2.24) is 0 Å². The lowest BCUT2D eigenvalue weighted by atomic mass is 10.1. The van der Waals surface area contributed by atoms with Gasteiger partial charge in [0, 0.05) is 18.2 Å². The van der Waals surface area contributed by atoms with Gasteiger partial charge >= 0.3 is 0 Å². The van der Waals surface area contributed by atoms with Gasteiger partial charge in [-0.25, -0.2) is 8.78 Å². The Labute approximate surface area is 120 Å². The molecular weight excluding hydrogens is 274 g/mol. The van der Waals surface area contributed by atoms with Crippen LogP contribution >= 0.6 is 0 Å². The minimum Gasteiger partial charge on any atom is -0.326 e. The Hall–Kier alpha value is -2.74. The average Bonchev–Trinajstić information content (AvgIpc) is 2.44. The molecule has 0 bridgehead atoms. The number of amides is 1. The van der Waals surface area contributed by atoms with Gasteiger partial charge in [0.15, 0.2) is 0 Å². The van der Waals surface area contributed by atoms with Gasteiger partial charge in [-0.1, -0.05) is 12.1 Å². The number of nitrogens with one attached hydrogen (secondary N) is 1. The molecule has 1 N–H and O–H groups in total. The fraction of sp³-hybridized carbons (Fsp3) is 0.125. The molecule has 0 aliphatic rings. The highest BCUT2D eigenvalue weighted by atomic mass is 19.1. The Balaban J connectivity index is 1.91. The lowest BCUT2D eigenvalue weighted by Gasteiger charge is -2.06. The molecule has 106 valence electrons. The van der Waals surface area contributed by atoms with Crippen LogP contribution in [-0.4, -0.2) is 5.91 Å². The molecule has 0 fully saturated rings. The molecule has 21 heavy (non-hydrogen) atoms. The van der Waals surface area contributed by atoms with Crippen molar-refractivity contribution in [2.45, 2.75) is 12.8 Å². The van der Waals surface area contributed by atoms with Crippen molar-refractivity contribution in [2.24, 2.45) is 0 Å². The molecule has 0 heterocycles. The van der Waals surface area contributed by atoms with Crippen LogP contribution in [-0.2, 0) is 11.2 Å². The van der Waals surface area contributed by atoms with Crippen LogP contribution in [0, 0.1) is 23.0 Å². The van der Waals surface area contributed by atoms with Gasteiger partial charge in [0.2, 0.25) is 5.91 Å². The minimum absolute atomic E-state index is 0.0947. The first-order valence-electron chi connectivity index (χ1n) is 6.32. The molecule has 2 rings (SSSR count). The van der Waals surface area contributed by atoms with Crippen LogP contribution in [0.15, 0.2) is 42.5 Å². The molecule has 0 aliphatic carbocycles. The molecule has 0 unspecified atom stereocenters. The van der Waals surface area contributed by atoms with E-state index >= 15 is 0 Å². The standard InChI is InChI=1S/C16H12F2N2O/c17-13-7-14(18)9-15(8-13)20-16(21)6-5-11-1-3-12(10-19)4-2-11/h1-4,7-9H,5-6H2,(H,20,21). The van der Waals surface area contributed by atoms with Crippen molar-refractivity contribution in [3.8, 4) is 6.07 Å². The van der Waals surface area contributed by atoms with E-state index in [1.54, 1.807) is 24.3 Å². The summed E-state index contributed by atoms with van der Waals surface area (Å²) in [5, 5.41) is 11.1. The molecule has 2 aromatic rings. The van der Waals surface area contributed by atoms with Gasteiger partial charge in [-0.2, -0.15) is 5.26 Å². The van der Waals surface area contributed by atoms with E-state index in [4.69, 9.17) is 5.26 Å². The van der Waals surface area contributed by atoms with E-state index in [1.807, 2.05) is 6.07 Å². The number of carbonyl (C=O) groups excluding carboxylic acids is 1. The zero-order chi connectivity index (χ0) is 15.2. The largest absolute Gasteiger partial charge is 0.326 e. The van der Waals surface area contributed by atoms with Crippen LogP contribution in [0.2, 0.25) is 0 Å². The van der Waals surface area contributed by atoms with Gasteiger partial charge in [-0.15, -0.1) is 0 Å². The molecule has 0 radical (unpaired) electrons. The van der Waals surface area contributed by atoms with E-state index in [0.717, 1.165) is 23.8 Å². The Kier molecular flexibility index (Phi) is 4.62. The predicted octanol–water partition coefficient (Wildman–Crippen LogP) is 3.41. The molecule has 0 saturated carbocycles. The van der Waals surface area contributed by atoms with Crippen LogP contribution < -0.4 is 5.32 Å². The van der Waals surface area contributed by atoms with Gasteiger partial charge in [0.25, 0.3) is 0 Å². The average molecular weight is 286 g/mol. The highest BCUT2D eigenvalue weighted by molar-refractivity contribution is 5.90. The van der Waals surface area contributed by atoms with E-state index in [0.29, 0.717) is 12.0 Å². The molecule has 0 spiro atoms. The molecule has 0 aromatic heterocycles. The highest BCUT2D eigenvalue weighted by Gasteiger charge is 2.06. The third-order valence-electron chi connectivity index (χ3n) is 2.87. The lowest BCUT2D eigenvalue weighted by molar-refractivity contribution is -0.116. The molecule has 0 atom stereocenters. The summed E-state index contributed by atoms with van der Waals surface area (Å²) in [6, 6.07) is 11.8. The molecule has 0 saturated heterocycles. The fourth-order valence-corrected chi connectivity index (χ4v) is 1.85. The summed E-state index contributed by atoms with van der Waals surface area (Å²) in [5.41, 5.74) is 1.56. The molecule has 5 heteroatoms. The van der Waals surface area contributed by atoms with Crippen LogP contribution in [0.5, 0.6) is 0 Å². The summed E-state index contributed by atoms with van der Waals surface area (Å²) >= 11 is 0. The first kappa shape index (κ1) is 14.7. The van der Waals surface area contributed by atoms with Crippen molar-refractivity contribution in [2.75, 3.05) is 5.32 Å². The number of halogens is 2. The SMILES string of the molecule is N#Cc1ccc(CCC(=O)Nc2cc(F)cc(F)c2)cc1. The number of nitriles is 1. The predicted molar refractivity (Wildman–Crippen MR) is 74.5 cm³/mol. The van der Waals surface area contributed by atoms with Gasteiger partial charge in [-0.05, 0) is 36.2 Å². The third-order valence-corrected chi connectivity index (χ3v) is 2.87. The number of hydrogen-bond acceptors (Lipinski definition) is 2. The Morgan fingerprint density at radius 2 is 1.71 bits per heavy atom. The van der Waals surface area contributed by atoms with Crippen molar-refractivity contribution < 1.29 is 13.6 Å². The van der Waals surface area contributed by atoms with Crippen molar-refractivity contribution in [3.05, 3.63) is 65.2 Å². The summed E-state index contributed by atoms with van der Waals surface area (Å²) in [4.78, 5) is 11.7. The summed E-state index contributed by atoms with van der Waals surface area (Å²) in [6.07, 6.45) is 0.666. The monoisotopic (exact) mass is 286 g/mol. The minimum atomic E-state index is -0.739. The lowest BCUT2D eigenvalue weighted by Crippen LogP contribution is -2.12. The maximum absolute atomic E-state index is 13.0. The number of aryl methyl sites for hydroxylation is 1. The normalized spacial score (nSPS) is 9.95. The fourth-order valence-electron chi connectivity index (χ4n) is 1.85. The second kappa shape index (κ2) is 6.62. The second-order valence-electron chi connectivity index (χ2n) is 4.52. The number of nitrogens with zero attached hydrogens (tertiary/aromatic N) is 1. The quantitative estimate of drug-likeness (QED) is 0.936. The summed E-state index contributed by atoms with van der Waals surface area (Å²) in [5.74, 6) is -1.81. The molecular formula is C16H12F2N2O. The van der Waals surface area contributed by atoms with E-state index in [-0.39, 0.29) is 18.0 Å². The van der Waals surface area contributed by atoms with Gasteiger partial charge in [0.1, 0.15) is 11.6 Å². The maximum atomic E-state index is 13.0. The zero-order valence-corrected chi connectivity index (χ0v) is 11.1. The van der Waals surface area contributed by atoms with E-state index in [9.17, 15) is 13.6 Å². The van der Waals surface area contributed by atoms with Gasteiger partial charge in [-0.3, -0.25) is 4.79 Å². The molecule has 3 nitrogen and oxygen atoms in total. The number of carbonyl (C=O) groups is 1. The summed E-state index contributed by atoms with van der Waals surface area (Å²) < 4.78 is 26.0. The Morgan fingerprint density at radius 3 is 2.29 bits per heavy atom. The first-order chi connectivity index (χ1) is 10.1. The number of rotatable bonds is 4. The van der Waals surface area contributed by atoms with Crippen LogP contribution in [0.3, 0.4) is 0 Å². The second-order valence-corrected chi connectivity index (χ2v) is 4.52. The van der Waals surface area contributed by atoms with Crippen molar-refractivity contribution in [1.29, 1.82) is 5.26 Å². The topological polar surface area (TPSA) is 52.9 Å². The summed E-state index contributed by atoms with van der Waals surface area (Å²) in [6.45, 7) is 0. The van der Waals surface area contributed by atoms with E-state index in [1.165, 1.54) is 0 Å². The maximum Gasteiger partial charge on any atom is 0.224 e. The number of hydrogen-bond donors (Lipinski definition) is 1. The van der Waals surface area contributed by atoms with E-state index < -0.39 is 11.6 Å². The van der Waals surface area contributed by atoms with Crippen molar-refractivity contribution >= 4 is 11.6 Å². The van der Waals surface area contributed by atoms with E-state index in [2.05, 4.69) is 5.32 Å². The molecule has 2 aromatic carbocycles. The van der Waals surface area contributed by atoms with Gasteiger partial charge in [0.05, 0.1) is 11.6 Å².